The van der Waals surface area contributed by atoms with Gasteiger partial charge < -0.3 is 14.8 Å². The van der Waals surface area contributed by atoms with Crippen LogP contribution in [0.3, 0.4) is 0 Å². The van der Waals surface area contributed by atoms with E-state index in [1.165, 1.54) is 11.3 Å². The van der Waals surface area contributed by atoms with Crippen LogP contribution in [-0.4, -0.2) is 25.1 Å². The zero-order valence-electron chi connectivity index (χ0n) is 12.3. The predicted molar refractivity (Wildman–Crippen MR) is 83.3 cm³/mol. The van der Waals surface area contributed by atoms with E-state index < -0.39 is 0 Å². The first-order valence-electron chi connectivity index (χ1n) is 6.55. The van der Waals surface area contributed by atoms with Crippen molar-refractivity contribution in [3.63, 3.8) is 0 Å². The number of thiazole rings is 1. The van der Waals surface area contributed by atoms with E-state index in [0.29, 0.717) is 29.5 Å². The fraction of sp³-hybridized carbons (Fsp3) is 0.333. The first-order chi connectivity index (χ1) is 10.1. The van der Waals surface area contributed by atoms with E-state index in [0.717, 1.165) is 11.3 Å². The molecule has 0 aliphatic carbocycles. The molecule has 112 valence electrons. The van der Waals surface area contributed by atoms with Crippen molar-refractivity contribution in [3.05, 3.63) is 34.8 Å². The molecule has 6 heteroatoms. The third kappa shape index (κ3) is 4.19. The fourth-order valence-corrected chi connectivity index (χ4v) is 2.59. The van der Waals surface area contributed by atoms with Gasteiger partial charge in [0, 0.05) is 11.8 Å². The first-order valence-corrected chi connectivity index (χ1v) is 7.43. The molecule has 0 radical (unpaired) electrons. The molecule has 0 unspecified atom stereocenters. The quantitative estimate of drug-likeness (QED) is 0.891. The van der Waals surface area contributed by atoms with Crippen molar-refractivity contribution in [3.8, 4) is 11.5 Å². The van der Waals surface area contributed by atoms with Gasteiger partial charge in [0.1, 0.15) is 0 Å². The topological polar surface area (TPSA) is 60.5 Å². The van der Waals surface area contributed by atoms with E-state index >= 15 is 0 Å². The summed E-state index contributed by atoms with van der Waals surface area (Å²) in [6, 6.07) is 5.66. The number of carbonyl (C=O) groups excluding carboxylic acids is 1. The van der Waals surface area contributed by atoms with Crippen molar-refractivity contribution in [1.29, 1.82) is 0 Å². The first kappa shape index (κ1) is 15.3. The van der Waals surface area contributed by atoms with E-state index in [-0.39, 0.29) is 5.91 Å². The predicted octanol–water partition coefficient (Wildman–Crippen LogP) is 3.04. The molecule has 1 N–H and O–H groups in total. The average Bonchev–Trinajstić information content (AvgIpc) is 2.89. The number of ether oxygens (including phenoxy) is 2. The van der Waals surface area contributed by atoms with Crippen LogP contribution < -0.4 is 14.8 Å². The Hall–Kier alpha value is -2.08. The molecule has 2 rings (SSSR count). The molecule has 0 spiro atoms. The van der Waals surface area contributed by atoms with E-state index in [2.05, 4.69) is 10.3 Å². The number of aromatic nitrogens is 1. The fourth-order valence-electron chi connectivity index (χ4n) is 1.89. The largest absolute Gasteiger partial charge is 0.493 e. The van der Waals surface area contributed by atoms with Crippen LogP contribution in [0.15, 0.2) is 23.6 Å². The molecule has 0 fully saturated rings. The summed E-state index contributed by atoms with van der Waals surface area (Å²) in [7, 11) is 3.19. The van der Waals surface area contributed by atoms with Gasteiger partial charge in [0.15, 0.2) is 16.6 Å². The number of anilines is 1. The molecule has 0 aliphatic heterocycles. The minimum absolute atomic E-state index is 0.0425. The van der Waals surface area contributed by atoms with Gasteiger partial charge in [-0.3, -0.25) is 4.79 Å². The lowest BCUT2D eigenvalue weighted by Gasteiger charge is -2.09. The maximum atomic E-state index is 11.9. The van der Waals surface area contributed by atoms with Crippen molar-refractivity contribution < 1.29 is 14.3 Å². The number of amides is 1. The van der Waals surface area contributed by atoms with Crippen LogP contribution in [0, 0.1) is 6.92 Å². The maximum Gasteiger partial charge on any atom is 0.226 e. The molecular weight excluding hydrogens is 288 g/mol. The Morgan fingerprint density at radius 2 is 2.05 bits per heavy atom. The highest BCUT2D eigenvalue weighted by Crippen LogP contribution is 2.28. The molecule has 0 atom stereocenters. The zero-order valence-corrected chi connectivity index (χ0v) is 13.1. The Morgan fingerprint density at radius 3 is 2.67 bits per heavy atom. The second-order valence-electron chi connectivity index (χ2n) is 4.53. The summed E-state index contributed by atoms with van der Waals surface area (Å²) in [5.41, 5.74) is 1.94. The van der Waals surface area contributed by atoms with Gasteiger partial charge in [-0.2, -0.15) is 0 Å². The summed E-state index contributed by atoms with van der Waals surface area (Å²) in [6.07, 6.45) is 1.03. The van der Waals surface area contributed by atoms with Crippen LogP contribution in [-0.2, 0) is 11.2 Å². The highest BCUT2D eigenvalue weighted by atomic mass is 32.1. The third-order valence-electron chi connectivity index (χ3n) is 2.95. The van der Waals surface area contributed by atoms with Crippen LogP contribution in [0.5, 0.6) is 11.5 Å². The van der Waals surface area contributed by atoms with Gasteiger partial charge in [-0.25, -0.2) is 4.98 Å². The van der Waals surface area contributed by atoms with Gasteiger partial charge in [-0.15, -0.1) is 11.3 Å². The third-order valence-corrected chi connectivity index (χ3v) is 3.83. The molecule has 5 nitrogen and oxygen atoms in total. The van der Waals surface area contributed by atoms with Crippen molar-refractivity contribution >= 4 is 22.4 Å². The van der Waals surface area contributed by atoms with Crippen molar-refractivity contribution in [2.75, 3.05) is 19.5 Å². The van der Waals surface area contributed by atoms with Gasteiger partial charge in [0.05, 0.1) is 19.9 Å². The number of aryl methyl sites for hydroxylation is 2. The number of hydrogen-bond acceptors (Lipinski definition) is 5. The lowest BCUT2D eigenvalue weighted by molar-refractivity contribution is -0.116. The van der Waals surface area contributed by atoms with Gasteiger partial charge in [-0.05, 0) is 31.0 Å². The van der Waals surface area contributed by atoms with Crippen molar-refractivity contribution in [2.45, 2.75) is 19.8 Å². The number of benzene rings is 1. The Kier molecular flexibility index (Phi) is 5.16. The van der Waals surface area contributed by atoms with E-state index in [1.54, 1.807) is 14.2 Å². The number of nitrogens with one attached hydrogen (secondary N) is 1. The van der Waals surface area contributed by atoms with Crippen LogP contribution in [0.1, 0.15) is 17.7 Å². The molecule has 0 bridgehead atoms. The minimum atomic E-state index is -0.0425. The number of methoxy groups -OCH3 is 2. The molecule has 1 aromatic carbocycles. The highest BCUT2D eigenvalue weighted by Gasteiger charge is 2.08. The van der Waals surface area contributed by atoms with Gasteiger partial charge >= 0.3 is 0 Å². The van der Waals surface area contributed by atoms with Crippen LogP contribution in [0.25, 0.3) is 0 Å². The summed E-state index contributed by atoms with van der Waals surface area (Å²) in [5, 5.41) is 5.35. The molecule has 1 heterocycles. The second-order valence-corrected chi connectivity index (χ2v) is 5.39. The van der Waals surface area contributed by atoms with Gasteiger partial charge in [0.2, 0.25) is 5.91 Å². The summed E-state index contributed by atoms with van der Waals surface area (Å²) in [6.45, 7) is 1.90. The SMILES string of the molecule is COc1ccc(CCC(=O)Nc2nc(C)cs2)cc1OC. The van der Waals surface area contributed by atoms with E-state index in [4.69, 9.17) is 9.47 Å². The lowest BCUT2D eigenvalue weighted by Crippen LogP contribution is -2.12. The number of nitrogens with zero attached hydrogens (tertiary/aromatic N) is 1. The second kappa shape index (κ2) is 7.08. The maximum absolute atomic E-state index is 11.9. The normalized spacial score (nSPS) is 10.2. The molecule has 21 heavy (non-hydrogen) atoms. The van der Waals surface area contributed by atoms with Gasteiger partial charge in [-0.1, -0.05) is 6.07 Å². The lowest BCUT2D eigenvalue weighted by atomic mass is 10.1. The molecule has 0 aliphatic rings. The molecule has 2 aromatic rings. The van der Waals surface area contributed by atoms with Gasteiger partial charge in [0.25, 0.3) is 0 Å². The Labute approximate surface area is 127 Å². The summed E-state index contributed by atoms with van der Waals surface area (Å²) < 4.78 is 10.4. The van der Waals surface area contributed by atoms with Crippen LogP contribution >= 0.6 is 11.3 Å². The number of rotatable bonds is 6. The molecular formula is C15H18N2O3S. The molecule has 0 saturated carbocycles. The van der Waals surface area contributed by atoms with E-state index in [1.807, 2.05) is 30.5 Å². The molecule has 1 aromatic heterocycles. The molecule has 0 saturated heterocycles. The summed E-state index contributed by atoms with van der Waals surface area (Å²) in [4.78, 5) is 16.1. The van der Waals surface area contributed by atoms with Crippen molar-refractivity contribution in [1.82, 2.24) is 4.98 Å². The summed E-state index contributed by atoms with van der Waals surface area (Å²) in [5.74, 6) is 1.31. The van der Waals surface area contributed by atoms with Crippen LogP contribution in [0.2, 0.25) is 0 Å². The highest BCUT2D eigenvalue weighted by molar-refractivity contribution is 7.13. The Bertz CT molecular complexity index is 625. The Morgan fingerprint density at radius 1 is 1.29 bits per heavy atom. The van der Waals surface area contributed by atoms with E-state index in [9.17, 15) is 4.79 Å². The summed E-state index contributed by atoms with van der Waals surface area (Å²) >= 11 is 1.43. The standard InChI is InChI=1S/C15H18N2O3S/c1-10-9-21-15(16-10)17-14(18)7-5-11-4-6-12(19-2)13(8-11)20-3/h4,6,8-9H,5,7H2,1-3H3,(H,16,17,18). The molecule has 1 amide bonds. The van der Waals surface area contributed by atoms with Crippen LogP contribution in [0.4, 0.5) is 5.13 Å². The monoisotopic (exact) mass is 306 g/mol. The number of carbonyl (C=O) groups is 1. The van der Waals surface area contributed by atoms with Crippen molar-refractivity contribution in [2.24, 2.45) is 0 Å². The smallest absolute Gasteiger partial charge is 0.226 e. The Balaban J connectivity index is 1.91. The zero-order chi connectivity index (χ0) is 15.2. The minimum Gasteiger partial charge on any atom is -0.493 e. The number of hydrogen-bond donors (Lipinski definition) is 1. The average molecular weight is 306 g/mol.